The predicted octanol–water partition coefficient (Wildman–Crippen LogP) is 3.30. The molecular weight excluding hydrogens is 252 g/mol. The van der Waals surface area contributed by atoms with Crippen LogP contribution in [0.2, 0.25) is 5.04 Å². The lowest BCUT2D eigenvalue weighted by Gasteiger charge is -2.60. The third kappa shape index (κ3) is 2.78. The fourth-order valence-corrected chi connectivity index (χ4v) is 6.60. The highest BCUT2D eigenvalue weighted by Gasteiger charge is 2.55. The number of rotatable bonds is 6. The van der Waals surface area contributed by atoms with E-state index in [1.165, 1.54) is 0 Å². The summed E-state index contributed by atoms with van der Waals surface area (Å²) in [6, 6.07) is 0. The Bertz CT molecular complexity index is 278. The van der Waals surface area contributed by atoms with Crippen molar-refractivity contribution in [3.8, 4) is 0 Å². The minimum absolute atomic E-state index is 0.268. The second-order valence-electron chi connectivity index (χ2n) is 8.44. The van der Waals surface area contributed by atoms with Gasteiger partial charge in [0.25, 0.3) is 0 Å². The average molecular weight is 289 g/mol. The molecule has 0 aromatic heterocycles. The molecule has 0 N–H and O–H groups in total. The summed E-state index contributed by atoms with van der Waals surface area (Å²) in [6.07, 6.45) is 0. The molecule has 0 fully saturated rings. The zero-order valence-corrected chi connectivity index (χ0v) is 18.1. The van der Waals surface area contributed by atoms with E-state index in [0.717, 1.165) is 10.5 Å². The molecule has 18 heavy (non-hydrogen) atoms. The van der Waals surface area contributed by atoms with Crippen molar-refractivity contribution in [2.24, 2.45) is 22.2 Å². The molecule has 0 aliphatic heterocycles. The van der Waals surface area contributed by atoms with Crippen LogP contribution in [-0.4, -0.2) is 20.2 Å². The summed E-state index contributed by atoms with van der Waals surface area (Å²) in [5.74, 6) is 0.682. The van der Waals surface area contributed by atoms with Gasteiger partial charge >= 0.3 is 0 Å². The molecule has 0 saturated carbocycles. The SMILES string of the molecule is CC(C)C(C)(C)C(C)(C)C(C)(C)C(C)(C)[SiH2]O[SiH3]. The molecule has 0 atom stereocenters. The lowest BCUT2D eigenvalue weighted by molar-refractivity contribution is -0.0701. The molecule has 0 radical (unpaired) electrons. The molecule has 0 amide bonds. The standard InChI is InChI=1S/C15H36OSi2/c1-11(2)12(3,4)13(5,6)14(7,8)15(9,10)18-16-17/h11H,18H2,1-10,17H3. The molecule has 0 saturated heterocycles. The normalized spacial score (nSPS) is 16.2. The van der Waals surface area contributed by atoms with Crippen LogP contribution >= 0.6 is 0 Å². The van der Waals surface area contributed by atoms with Crippen LogP contribution in [0.1, 0.15) is 69.2 Å². The Kier molecular flexibility index (Phi) is 5.53. The molecule has 0 unspecified atom stereocenters. The molecule has 0 bridgehead atoms. The van der Waals surface area contributed by atoms with E-state index < -0.39 is 9.76 Å². The van der Waals surface area contributed by atoms with Crippen molar-refractivity contribution >= 4 is 20.2 Å². The molecule has 0 aliphatic rings. The van der Waals surface area contributed by atoms with E-state index in [-0.39, 0.29) is 10.8 Å². The molecule has 3 heteroatoms. The van der Waals surface area contributed by atoms with E-state index in [4.69, 9.17) is 4.12 Å². The quantitative estimate of drug-likeness (QED) is 0.682. The minimum atomic E-state index is -0.455. The monoisotopic (exact) mass is 288 g/mol. The van der Waals surface area contributed by atoms with Crippen molar-refractivity contribution in [2.75, 3.05) is 0 Å². The largest absolute Gasteiger partial charge is 0.468 e. The predicted molar refractivity (Wildman–Crippen MR) is 89.8 cm³/mol. The lowest BCUT2D eigenvalue weighted by atomic mass is 9.48. The first-order valence-electron chi connectivity index (χ1n) is 7.24. The molecule has 0 aromatic carbocycles. The van der Waals surface area contributed by atoms with Crippen molar-refractivity contribution in [1.29, 1.82) is 0 Å². The second kappa shape index (κ2) is 5.41. The molecule has 110 valence electrons. The number of hydrogen-bond acceptors (Lipinski definition) is 1. The van der Waals surface area contributed by atoms with Crippen LogP contribution in [0.3, 0.4) is 0 Å². The first-order valence-corrected chi connectivity index (χ1v) is 9.34. The van der Waals surface area contributed by atoms with Crippen molar-refractivity contribution in [2.45, 2.75) is 74.3 Å². The van der Waals surface area contributed by atoms with Crippen LogP contribution in [0.4, 0.5) is 0 Å². The second-order valence-corrected chi connectivity index (χ2v) is 12.8. The molecule has 0 rings (SSSR count). The van der Waals surface area contributed by atoms with Gasteiger partial charge in [-0.15, -0.1) is 0 Å². The summed E-state index contributed by atoms with van der Waals surface area (Å²) in [5.41, 5.74) is 0.850. The van der Waals surface area contributed by atoms with Gasteiger partial charge in [-0.2, -0.15) is 0 Å². The topological polar surface area (TPSA) is 9.23 Å². The highest BCUT2D eigenvalue weighted by molar-refractivity contribution is 6.38. The van der Waals surface area contributed by atoms with E-state index >= 15 is 0 Å². The van der Waals surface area contributed by atoms with E-state index in [1.54, 1.807) is 0 Å². The Morgan fingerprint density at radius 3 is 1.50 bits per heavy atom. The smallest absolute Gasteiger partial charge is 0.151 e. The van der Waals surface area contributed by atoms with Gasteiger partial charge in [0.15, 0.2) is 9.76 Å². The highest BCUT2D eigenvalue weighted by Crippen LogP contribution is 2.63. The Morgan fingerprint density at radius 1 is 0.833 bits per heavy atom. The maximum Gasteiger partial charge on any atom is 0.151 e. The van der Waals surface area contributed by atoms with Gasteiger partial charge in [-0.3, -0.25) is 0 Å². The Hall–Kier alpha value is 0.394. The first-order chi connectivity index (χ1) is 7.75. The van der Waals surface area contributed by atoms with Crippen LogP contribution < -0.4 is 0 Å². The van der Waals surface area contributed by atoms with Gasteiger partial charge in [0.1, 0.15) is 10.5 Å². The van der Waals surface area contributed by atoms with E-state index in [0.29, 0.717) is 16.4 Å². The summed E-state index contributed by atoms with van der Waals surface area (Å²) in [7, 11) is 0.433. The molecule has 0 heterocycles. The molecular formula is C15H36OSi2. The Balaban J connectivity index is 5.58. The lowest BCUT2D eigenvalue weighted by Crippen LogP contribution is -2.52. The summed E-state index contributed by atoms with van der Waals surface area (Å²) in [5, 5.41) is 0.324. The third-order valence-electron chi connectivity index (χ3n) is 6.81. The summed E-state index contributed by atoms with van der Waals surface area (Å²) in [6.45, 7) is 24.2. The maximum absolute atomic E-state index is 5.74. The van der Waals surface area contributed by atoms with Gasteiger partial charge in [-0.1, -0.05) is 69.2 Å². The Morgan fingerprint density at radius 2 is 1.22 bits per heavy atom. The summed E-state index contributed by atoms with van der Waals surface area (Å²) < 4.78 is 5.74. The van der Waals surface area contributed by atoms with Gasteiger partial charge in [-0.05, 0) is 27.2 Å². The van der Waals surface area contributed by atoms with Crippen LogP contribution in [0.15, 0.2) is 0 Å². The van der Waals surface area contributed by atoms with E-state index in [2.05, 4.69) is 69.2 Å². The van der Waals surface area contributed by atoms with Gasteiger partial charge in [0.05, 0.1) is 0 Å². The maximum atomic E-state index is 5.74. The zero-order chi connectivity index (χ0) is 15.0. The van der Waals surface area contributed by atoms with E-state index in [9.17, 15) is 0 Å². The minimum Gasteiger partial charge on any atom is -0.468 e. The van der Waals surface area contributed by atoms with Crippen molar-refractivity contribution < 1.29 is 4.12 Å². The average Bonchev–Trinajstić information content (AvgIpc) is 2.16. The fraction of sp³-hybridized carbons (Fsp3) is 1.00. The molecule has 0 spiro atoms. The van der Waals surface area contributed by atoms with E-state index in [1.807, 2.05) is 0 Å². The zero-order valence-electron chi connectivity index (χ0n) is 14.7. The molecule has 1 nitrogen and oxygen atoms in total. The summed E-state index contributed by atoms with van der Waals surface area (Å²) in [4.78, 5) is 0. The number of hydrogen-bond donors (Lipinski definition) is 0. The molecule has 0 aromatic rings. The fourth-order valence-electron chi connectivity index (χ4n) is 2.91. The van der Waals surface area contributed by atoms with Crippen LogP contribution in [0.5, 0.6) is 0 Å². The van der Waals surface area contributed by atoms with Crippen molar-refractivity contribution in [1.82, 2.24) is 0 Å². The van der Waals surface area contributed by atoms with Crippen LogP contribution in [0, 0.1) is 22.2 Å². The van der Waals surface area contributed by atoms with Gasteiger partial charge in [-0.25, -0.2) is 0 Å². The van der Waals surface area contributed by atoms with Crippen LogP contribution in [0.25, 0.3) is 0 Å². The highest BCUT2D eigenvalue weighted by atomic mass is 28.3. The summed E-state index contributed by atoms with van der Waals surface area (Å²) >= 11 is 0. The first kappa shape index (κ1) is 18.4. The van der Waals surface area contributed by atoms with Gasteiger partial charge < -0.3 is 4.12 Å². The van der Waals surface area contributed by atoms with Crippen LogP contribution in [-0.2, 0) is 4.12 Å². The molecule has 0 aliphatic carbocycles. The van der Waals surface area contributed by atoms with Crippen molar-refractivity contribution in [3.63, 3.8) is 0 Å². The third-order valence-corrected chi connectivity index (χ3v) is 9.57. The van der Waals surface area contributed by atoms with Gasteiger partial charge in [0.2, 0.25) is 0 Å². The van der Waals surface area contributed by atoms with Gasteiger partial charge in [0, 0.05) is 0 Å². The van der Waals surface area contributed by atoms with Crippen molar-refractivity contribution in [3.05, 3.63) is 0 Å². The Labute approximate surface area is 121 Å².